The Morgan fingerprint density at radius 2 is 1.96 bits per heavy atom. The standard InChI is InChI=1S/C17H19N3O2S.H2/c1-10(2)16-15-13(19-20-16)7-8-18-17(15)12-5-6-14(11(3)9-12)23(4,21)22;/h5-10H,1-4H3,(H,19,20);1H. The Balaban J connectivity index is 0.00000208. The molecule has 6 heteroatoms. The molecule has 0 unspecified atom stereocenters. The topological polar surface area (TPSA) is 75.7 Å². The molecule has 0 aliphatic heterocycles. The third-order valence-electron chi connectivity index (χ3n) is 3.92. The molecule has 0 bridgehead atoms. The summed E-state index contributed by atoms with van der Waals surface area (Å²) in [5.74, 6) is 0.291. The average Bonchev–Trinajstić information content (AvgIpc) is 2.89. The van der Waals surface area contributed by atoms with Crippen LogP contribution < -0.4 is 0 Å². The molecular weight excluding hydrogens is 310 g/mol. The number of nitrogens with zero attached hydrogens (tertiary/aromatic N) is 2. The number of aryl methyl sites for hydroxylation is 1. The lowest BCUT2D eigenvalue weighted by atomic mass is 10.00. The Kier molecular flexibility index (Phi) is 3.72. The number of pyridine rings is 1. The van der Waals surface area contributed by atoms with Gasteiger partial charge in [-0.3, -0.25) is 10.1 Å². The van der Waals surface area contributed by atoms with Crippen LogP contribution in [0.4, 0.5) is 0 Å². The van der Waals surface area contributed by atoms with Gasteiger partial charge in [-0.2, -0.15) is 5.10 Å². The van der Waals surface area contributed by atoms with Gasteiger partial charge in [0.15, 0.2) is 9.84 Å². The number of H-pyrrole nitrogens is 1. The summed E-state index contributed by atoms with van der Waals surface area (Å²) in [6.45, 7) is 6.00. The van der Waals surface area contributed by atoms with Crippen molar-refractivity contribution in [3.8, 4) is 11.3 Å². The minimum atomic E-state index is -3.22. The Bertz CT molecular complexity index is 994. The number of aromatic nitrogens is 3. The fourth-order valence-corrected chi connectivity index (χ4v) is 3.80. The maximum absolute atomic E-state index is 11.8. The van der Waals surface area contributed by atoms with E-state index in [9.17, 15) is 8.42 Å². The zero-order chi connectivity index (χ0) is 16.8. The quantitative estimate of drug-likeness (QED) is 0.794. The fraction of sp³-hybridized carbons (Fsp3) is 0.294. The Morgan fingerprint density at radius 1 is 1.22 bits per heavy atom. The molecule has 0 spiro atoms. The summed E-state index contributed by atoms with van der Waals surface area (Å²) >= 11 is 0. The molecule has 0 saturated carbocycles. The zero-order valence-electron chi connectivity index (χ0n) is 13.6. The normalized spacial score (nSPS) is 12.2. The SMILES string of the molecule is Cc1cc(-c2nccc3n[nH]c(C(C)C)c23)ccc1S(C)(=O)=O.[HH]. The van der Waals surface area contributed by atoms with Crippen LogP contribution in [0.25, 0.3) is 22.2 Å². The molecule has 122 valence electrons. The van der Waals surface area contributed by atoms with E-state index >= 15 is 0 Å². The molecule has 0 atom stereocenters. The van der Waals surface area contributed by atoms with Gasteiger partial charge in [-0.05, 0) is 36.6 Å². The van der Waals surface area contributed by atoms with Crippen LogP contribution in [0.1, 0.15) is 32.4 Å². The molecule has 1 N–H and O–H groups in total. The molecule has 1 aromatic carbocycles. The first-order valence-corrected chi connectivity index (χ1v) is 9.32. The van der Waals surface area contributed by atoms with E-state index in [1.54, 1.807) is 19.2 Å². The molecule has 2 heterocycles. The van der Waals surface area contributed by atoms with Crippen molar-refractivity contribution in [1.82, 2.24) is 15.2 Å². The molecule has 0 aliphatic rings. The van der Waals surface area contributed by atoms with E-state index in [-0.39, 0.29) is 1.43 Å². The highest BCUT2D eigenvalue weighted by Crippen LogP contribution is 2.32. The number of sulfone groups is 1. The fourth-order valence-electron chi connectivity index (χ4n) is 2.84. The number of aromatic amines is 1. The molecule has 2 aromatic heterocycles. The van der Waals surface area contributed by atoms with Gasteiger partial charge in [-0.1, -0.05) is 19.9 Å². The van der Waals surface area contributed by atoms with E-state index in [1.807, 2.05) is 18.2 Å². The first-order valence-electron chi connectivity index (χ1n) is 7.43. The molecule has 0 fully saturated rings. The van der Waals surface area contributed by atoms with E-state index in [2.05, 4.69) is 29.0 Å². The van der Waals surface area contributed by atoms with Crippen LogP contribution in [0.5, 0.6) is 0 Å². The van der Waals surface area contributed by atoms with Crippen molar-refractivity contribution in [2.45, 2.75) is 31.6 Å². The second kappa shape index (κ2) is 5.45. The first-order chi connectivity index (χ1) is 10.8. The molecule has 3 aromatic rings. The molecule has 0 saturated heterocycles. The molecule has 0 amide bonds. The predicted molar refractivity (Wildman–Crippen MR) is 93.4 cm³/mol. The van der Waals surface area contributed by atoms with Crippen molar-refractivity contribution in [3.63, 3.8) is 0 Å². The van der Waals surface area contributed by atoms with Crippen molar-refractivity contribution < 1.29 is 9.84 Å². The summed E-state index contributed by atoms with van der Waals surface area (Å²) in [6, 6.07) is 7.20. The number of benzene rings is 1. The monoisotopic (exact) mass is 331 g/mol. The first kappa shape index (κ1) is 15.7. The summed E-state index contributed by atoms with van der Waals surface area (Å²) in [5.41, 5.74) is 4.33. The third kappa shape index (κ3) is 2.74. The van der Waals surface area contributed by atoms with Gasteiger partial charge in [0.25, 0.3) is 0 Å². The third-order valence-corrected chi connectivity index (χ3v) is 5.18. The molecule has 0 radical (unpaired) electrons. The Hall–Kier alpha value is -2.21. The van der Waals surface area contributed by atoms with Crippen molar-refractivity contribution >= 4 is 20.7 Å². The van der Waals surface area contributed by atoms with E-state index in [0.717, 1.165) is 33.4 Å². The van der Waals surface area contributed by atoms with Gasteiger partial charge < -0.3 is 0 Å². The van der Waals surface area contributed by atoms with Gasteiger partial charge in [0, 0.05) is 30.5 Å². The summed E-state index contributed by atoms with van der Waals surface area (Å²) in [6.07, 6.45) is 2.95. The minimum Gasteiger partial charge on any atom is -0.281 e. The molecule has 5 nitrogen and oxygen atoms in total. The molecular formula is C17H21N3O2S. The van der Waals surface area contributed by atoms with E-state index < -0.39 is 9.84 Å². The van der Waals surface area contributed by atoms with E-state index in [0.29, 0.717) is 10.8 Å². The maximum Gasteiger partial charge on any atom is 0.175 e. The van der Waals surface area contributed by atoms with Crippen molar-refractivity contribution in [2.24, 2.45) is 0 Å². The smallest absolute Gasteiger partial charge is 0.175 e. The highest BCUT2D eigenvalue weighted by atomic mass is 32.2. The lowest BCUT2D eigenvalue weighted by Crippen LogP contribution is -2.00. The average molecular weight is 331 g/mol. The Labute approximate surface area is 137 Å². The Morgan fingerprint density at radius 3 is 2.57 bits per heavy atom. The zero-order valence-corrected chi connectivity index (χ0v) is 14.4. The maximum atomic E-state index is 11.8. The lowest BCUT2D eigenvalue weighted by Gasteiger charge is -2.09. The van der Waals surface area contributed by atoms with E-state index in [4.69, 9.17) is 0 Å². The van der Waals surface area contributed by atoms with Gasteiger partial charge in [0.1, 0.15) is 0 Å². The van der Waals surface area contributed by atoms with Crippen LogP contribution in [0.15, 0.2) is 35.4 Å². The van der Waals surface area contributed by atoms with Gasteiger partial charge in [-0.25, -0.2) is 8.42 Å². The van der Waals surface area contributed by atoms with E-state index in [1.165, 1.54) is 6.26 Å². The van der Waals surface area contributed by atoms with Crippen LogP contribution in [0.3, 0.4) is 0 Å². The van der Waals surface area contributed by atoms with Gasteiger partial charge in [0.05, 0.1) is 16.1 Å². The second-order valence-corrected chi connectivity index (χ2v) is 8.08. The van der Waals surface area contributed by atoms with Gasteiger partial charge in [0.2, 0.25) is 0 Å². The number of hydrogen-bond donors (Lipinski definition) is 1. The number of rotatable bonds is 3. The predicted octanol–water partition coefficient (Wildman–Crippen LogP) is 3.71. The minimum absolute atomic E-state index is 0. The highest BCUT2D eigenvalue weighted by molar-refractivity contribution is 7.90. The summed E-state index contributed by atoms with van der Waals surface area (Å²) in [7, 11) is -3.22. The second-order valence-electron chi connectivity index (χ2n) is 6.10. The molecule has 23 heavy (non-hydrogen) atoms. The van der Waals surface area contributed by atoms with Crippen LogP contribution in [0, 0.1) is 6.92 Å². The van der Waals surface area contributed by atoms with Gasteiger partial charge in [-0.15, -0.1) is 0 Å². The number of nitrogens with one attached hydrogen (secondary N) is 1. The van der Waals surface area contributed by atoms with Crippen LogP contribution in [0.2, 0.25) is 0 Å². The van der Waals surface area contributed by atoms with Crippen LogP contribution in [-0.4, -0.2) is 29.9 Å². The van der Waals surface area contributed by atoms with Crippen molar-refractivity contribution in [1.29, 1.82) is 0 Å². The summed E-state index contributed by atoms with van der Waals surface area (Å²) in [5, 5.41) is 8.43. The van der Waals surface area contributed by atoms with Crippen LogP contribution in [-0.2, 0) is 9.84 Å². The van der Waals surface area contributed by atoms with Gasteiger partial charge >= 0.3 is 0 Å². The summed E-state index contributed by atoms with van der Waals surface area (Å²) < 4.78 is 23.6. The number of fused-ring (bicyclic) bond motifs is 1. The number of hydrogen-bond acceptors (Lipinski definition) is 4. The molecule has 0 aliphatic carbocycles. The lowest BCUT2D eigenvalue weighted by molar-refractivity contribution is 0.601. The summed E-state index contributed by atoms with van der Waals surface area (Å²) in [4.78, 5) is 4.87. The largest absolute Gasteiger partial charge is 0.281 e. The van der Waals surface area contributed by atoms with Crippen molar-refractivity contribution in [3.05, 3.63) is 41.7 Å². The van der Waals surface area contributed by atoms with Crippen molar-refractivity contribution in [2.75, 3.05) is 6.26 Å². The van der Waals surface area contributed by atoms with Crippen LogP contribution >= 0.6 is 0 Å². The highest BCUT2D eigenvalue weighted by Gasteiger charge is 2.17. The molecule has 3 rings (SSSR count).